The van der Waals surface area contributed by atoms with Crippen molar-refractivity contribution in [2.75, 3.05) is 26.7 Å². The fourth-order valence-corrected chi connectivity index (χ4v) is 4.88. The fraction of sp³-hybridized carbons (Fsp3) is 0.474. The second-order valence-corrected chi connectivity index (χ2v) is 7.77. The van der Waals surface area contributed by atoms with Crippen LogP contribution in [0.5, 0.6) is 0 Å². The summed E-state index contributed by atoms with van der Waals surface area (Å²) in [7, 11) is 1.79. The van der Waals surface area contributed by atoms with Gasteiger partial charge < -0.3 is 9.64 Å². The van der Waals surface area contributed by atoms with Gasteiger partial charge in [-0.1, -0.05) is 12.1 Å². The van der Waals surface area contributed by atoms with E-state index < -0.39 is 0 Å². The van der Waals surface area contributed by atoms with Crippen LogP contribution in [0.2, 0.25) is 0 Å². The van der Waals surface area contributed by atoms with E-state index in [1.54, 1.807) is 13.3 Å². The molecule has 25 heavy (non-hydrogen) atoms. The zero-order chi connectivity index (χ0) is 17.2. The molecule has 2 aromatic rings. The highest BCUT2D eigenvalue weighted by atomic mass is 32.1. The molecular weight excluding hydrogens is 334 g/mol. The van der Waals surface area contributed by atoms with Crippen molar-refractivity contribution in [2.24, 2.45) is 5.92 Å². The summed E-state index contributed by atoms with van der Waals surface area (Å²) >= 11 is 1.52. The summed E-state index contributed by atoms with van der Waals surface area (Å²) in [5, 5.41) is 1.97. The number of hydrogen-bond acceptors (Lipinski definition) is 5. The predicted molar refractivity (Wildman–Crippen MR) is 97.6 cm³/mol. The number of carbonyl (C=O) groups excluding carboxylic acids is 1. The van der Waals surface area contributed by atoms with Crippen molar-refractivity contribution in [2.45, 2.75) is 25.1 Å². The lowest BCUT2D eigenvalue weighted by atomic mass is 9.89. The van der Waals surface area contributed by atoms with E-state index >= 15 is 0 Å². The molecule has 2 fully saturated rings. The Hall–Kier alpha value is -1.76. The number of aromatic nitrogens is 1. The van der Waals surface area contributed by atoms with E-state index in [2.05, 4.69) is 20.9 Å². The second-order valence-electron chi connectivity index (χ2n) is 6.83. The Kier molecular flexibility index (Phi) is 4.83. The molecule has 2 aliphatic rings. The van der Waals surface area contributed by atoms with Crippen molar-refractivity contribution >= 4 is 17.2 Å². The summed E-state index contributed by atoms with van der Waals surface area (Å²) in [5.74, 6) is 0.544. The van der Waals surface area contributed by atoms with E-state index in [-0.39, 0.29) is 18.1 Å². The largest absolute Gasteiger partial charge is 0.381 e. The van der Waals surface area contributed by atoms with E-state index in [4.69, 9.17) is 4.74 Å². The SMILES string of the molecule is CO[C@@H]1CCN(C(=O)c2cccs2)[C@@H]2CN(Cc3cccnc3)C[C@@H]21. The van der Waals surface area contributed by atoms with Gasteiger partial charge in [-0.2, -0.15) is 0 Å². The molecule has 4 rings (SSSR count). The van der Waals surface area contributed by atoms with Gasteiger partial charge in [-0.05, 0) is 29.5 Å². The van der Waals surface area contributed by atoms with Crippen LogP contribution >= 0.6 is 11.3 Å². The van der Waals surface area contributed by atoms with Crippen molar-refractivity contribution in [1.82, 2.24) is 14.8 Å². The standard InChI is InChI=1S/C19H23N3O2S/c1-24-17-6-8-22(19(23)18-5-3-9-25-18)16-13-21(12-15(16)17)11-14-4-2-7-20-10-14/h2-5,7,9-10,15-17H,6,8,11-13H2,1H3/t15-,16+,17+/m0/s1. The van der Waals surface area contributed by atoms with Gasteiger partial charge >= 0.3 is 0 Å². The minimum Gasteiger partial charge on any atom is -0.381 e. The number of carbonyl (C=O) groups is 1. The van der Waals surface area contributed by atoms with E-state index in [1.807, 2.05) is 29.8 Å². The maximum absolute atomic E-state index is 12.9. The average molecular weight is 357 g/mol. The number of pyridine rings is 1. The highest BCUT2D eigenvalue weighted by Crippen LogP contribution is 2.34. The first kappa shape index (κ1) is 16.7. The second kappa shape index (κ2) is 7.23. The van der Waals surface area contributed by atoms with Gasteiger partial charge in [0.05, 0.1) is 17.0 Å². The van der Waals surface area contributed by atoms with Crippen molar-refractivity contribution in [3.8, 4) is 0 Å². The molecule has 0 N–H and O–H groups in total. The van der Waals surface area contributed by atoms with Crippen LogP contribution in [-0.4, -0.2) is 59.6 Å². The van der Waals surface area contributed by atoms with E-state index in [9.17, 15) is 4.79 Å². The third kappa shape index (κ3) is 3.34. The van der Waals surface area contributed by atoms with Crippen LogP contribution in [0, 0.1) is 5.92 Å². The number of nitrogens with zero attached hydrogens (tertiary/aromatic N) is 3. The Morgan fingerprint density at radius 3 is 3.00 bits per heavy atom. The first-order valence-electron chi connectivity index (χ1n) is 8.75. The molecule has 0 aromatic carbocycles. The molecule has 5 nitrogen and oxygen atoms in total. The number of fused-ring (bicyclic) bond motifs is 1. The maximum atomic E-state index is 12.9. The number of rotatable bonds is 4. The Bertz CT molecular complexity index is 707. The average Bonchev–Trinajstić information content (AvgIpc) is 3.31. The van der Waals surface area contributed by atoms with Crippen LogP contribution in [0.4, 0.5) is 0 Å². The minimum atomic E-state index is 0.169. The molecule has 1 amide bonds. The van der Waals surface area contributed by atoms with Gasteiger partial charge in [0.25, 0.3) is 5.91 Å². The summed E-state index contributed by atoms with van der Waals surface area (Å²) < 4.78 is 5.75. The lowest BCUT2D eigenvalue weighted by Crippen LogP contribution is -2.53. The van der Waals surface area contributed by atoms with Crippen LogP contribution in [0.3, 0.4) is 0 Å². The van der Waals surface area contributed by atoms with Crippen molar-refractivity contribution in [1.29, 1.82) is 0 Å². The summed E-state index contributed by atoms with van der Waals surface area (Å²) in [5.41, 5.74) is 1.21. The number of thiophene rings is 1. The molecule has 132 valence electrons. The van der Waals surface area contributed by atoms with Gasteiger partial charge in [0.1, 0.15) is 0 Å². The minimum absolute atomic E-state index is 0.169. The van der Waals surface area contributed by atoms with Crippen LogP contribution in [0.1, 0.15) is 21.7 Å². The molecule has 0 aliphatic carbocycles. The number of methoxy groups -OCH3 is 1. The molecule has 0 spiro atoms. The molecule has 6 heteroatoms. The molecule has 3 atom stereocenters. The van der Waals surface area contributed by atoms with Crippen LogP contribution < -0.4 is 0 Å². The maximum Gasteiger partial charge on any atom is 0.264 e. The van der Waals surface area contributed by atoms with Crippen LogP contribution in [-0.2, 0) is 11.3 Å². The Balaban J connectivity index is 1.52. The number of ether oxygens (including phenoxy) is 1. The lowest BCUT2D eigenvalue weighted by molar-refractivity contribution is -0.0155. The summed E-state index contributed by atoms with van der Waals surface area (Å²) in [6, 6.07) is 8.18. The van der Waals surface area contributed by atoms with Crippen LogP contribution in [0.25, 0.3) is 0 Å². The molecule has 2 aromatic heterocycles. The van der Waals surface area contributed by atoms with Crippen molar-refractivity contribution < 1.29 is 9.53 Å². The van der Waals surface area contributed by atoms with Gasteiger partial charge in [-0.3, -0.25) is 14.7 Å². The molecule has 0 radical (unpaired) electrons. The Morgan fingerprint density at radius 2 is 2.28 bits per heavy atom. The topological polar surface area (TPSA) is 45.7 Å². The van der Waals surface area contributed by atoms with Crippen molar-refractivity contribution in [3.63, 3.8) is 0 Å². The first-order valence-corrected chi connectivity index (χ1v) is 9.62. The zero-order valence-electron chi connectivity index (χ0n) is 14.4. The van der Waals surface area contributed by atoms with Crippen molar-refractivity contribution in [3.05, 3.63) is 52.5 Å². The molecule has 2 saturated heterocycles. The summed E-state index contributed by atoms with van der Waals surface area (Å²) in [4.78, 5) is 22.5. The zero-order valence-corrected chi connectivity index (χ0v) is 15.2. The van der Waals surface area contributed by atoms with Gasteiger partial charge in [0, 0.05) is 51.6 Å². The number of hydrogen-bond donors (Lipinski definition) is 0. The Morgan fingerprint density at radius 1 is 1.36 bits per heavy atom. The lowest BCUT2D eigenvalue weighted by Gasteiger charge is -2.40. The Labute approximate surface area is 152 Å². The smallest absolute Gasteiger partial charge is 0.264 e. The normalized spacial score (nSPS) is 26.6. The summed E-state index contributed by atoms with van der Waals surface area (Å²) in [6.45, 7) is 3.51. The molecule has 0 unspecified atom stereocenters. The van der Waals surface area contributed by atoms with E-state index in [0.717, 1.165) is 37.5 Å². The molecular formula is C19H23N3O2S. The molecule has 4 heterocycles. The molecule has 0 bridgehead atoms. The fourth-order valence-electron chi connectivity index (χ4n) is 4.20. The highest BCUT2D eigenvalue weighted by Gasteiger charge is 2.46. The molecule has 0 saturated carbocycles. The third-order valence-corrected chi connectivity index (χ3v) is 6.22. The van der Waals surface area contributed by atoms with E-state index in [0.29, 0.717) is 5.92 Å². The van der Waals surface area contributed by atoms with Gasteiger partial charge in [-0.15, -0.1) is 11.3 Å². The summed E-state index contributed by atoms with van der Waals surface area (Å²) in [6.07, 6.45) is 4.87. The predicted octanol–water partition coefficient (Wildman–Crippen LogP) is 2.50. The van der Waals surface area contributed by atoms with Gasteiger partial charge in [0.15, 0.2) is 0 Å². The quantitative estimate of drug-likeness (QED) is 0.843. The number of piperidine rings is 1. The third-order valence-electron chi connectivity index (χ3n) is 5.37. The highest BCUT2D eigenvalue weighted by molar-refractivity contribution is 7.12. The van der Waals surface area contributed by atoms with E-state index in [1.165, 1.54) is 16.9 Å². The van der Waals surface area contributed by atoms with Crippen LogP contribution in [0.15, 0.2) is 42.0 Å². The monoisotopic (exact) mass is 357 g/mol. The molecule has 2 aliphatic heterocycles. The number of likely N-dealkylation sites (tertiary alicyclic amines) is 2. The van der Waals surface area contributed by atoms with Gasteiger partial charge in [-0.25, -0.2) is 0 Å². The number of amides is 1. The first-order chi connectivity index (χ1) is 12.3. The van der Waals surface area contributed by atoms with Gasteiger partial charge in [0.2, 0.25) is 0 Å².